The van der Waals surface area contributed by atoms with Crippen molar-refractivity contribution >= 4 is 0 Å². The van der Waals surface area contributed by atoms with Gasteiger partial charge in [0.2, 0.25) is 0 Å². The maximum absolute atomic E-state index is 13.7. The number of ether oxygens (including phenoxy) is 1. The van der Waals surface area contributed by atoms with Gasteiger partial charge >= 0.3 is 0 Å². The molecule has 1 fully saturated rings. The molecule has 18 heavy (non-hydrogen) atoms. The Morgan fingerprint density at radius 2 is 2.06 bits per heavy atom. The van der Waals surface area contributed by atoms with Crippen LogP contribution in [-0.2, 0) is 4.74 Å². The average Bonchev–Trinajstić information content (AvgIpc) is 2.37. The first kappa shape index (κ1) is 13.4. The molecule has 1 aromatic rings. The maximum Gasteiger partial charge on any atom is 0.131 e. The summed E-state index contributed by atoms with van der Waals surface area (Å²) >= 11 is 0. The fourth-order valence-corrected chi connectivity index (χ4v) is 2.35. The molecule has 0 radical (unpaired) electrons. The monoisotopic (exact) mass is 255 g/mol. The predicted molar refractivity (Wildman–Crippen MR) is 66.4 cm³/mol. The Labute approximate surface area is 106 Å². The van der Waals surface area contributed by atoms with Gasteiger partial charge < -0.3 is 10.1 Å². The third-order valence-electron chi connectivity index (χ3n) is 3.29. The molecule has 0 aliphatic carbocycles. The Morgan fingerprint density at radius 3 is 2.72 bits per heavy atom. The lowest BCUT2D eigenvalue weighted by molar-refractivity contribution is -0.00362. The van der Waals surface area contributed by atoms with E-state index in [9.17, 15) is 8.78 Å². The molecule has 1 N–H and O–H groups in total. The number of hydrogen-bond acceptors (Lipinski definition) is 2. The second-order valence-corrected chi connectivity index (χ2v) is 4.67. The molecule has 100 valence electrons. The van der Waals surface area contributed by atoms with Crippen molar-refractivity contribution in [1.29, 1.82) is 0 Å². The van der Waals surface area contributed by atoms with Crippen LogP contribution in [0, 0.1) is 11.6 Å². The summed E-state index contributed by atoms with van der Waals surface area (Å²) in [6.07, 6.45) is 2.09. The molecular formula is C14H19F2NO. The van der Waals surface area contributed by atoms with Gasteiger partial charge in [0.1, 0.15) is 11.6 Å². The van der Waals surface area contributed by atoms with Gasteiger partial charge in [0.15, 0.2) is 0 Å². The highest BCUT2D eigenvalue weighted by Gasteiger charge is 2.27. The molecule has 1 aliphatic heterocycles. The minimum atomic E-state index is -0.517. The number of hydrogen-bond donors (Lipinski definition) is 1. The van der Waals surface area contributed by atoms with Crippen LogP contribution in [0.4, 0.5) is 8.78 Å². The van der Waals surface area contributed by atoms with Crippen LogP contribution in [0.2, 0.25) is 0 Å². The second kappa shape index (κ2) is 6.25. The van der Waals surface area contributed by atoms with E-state index in [1.807, 2.05) is 0 Å². The minimum absolute atomic E-state index is 0.0699. The molecule has 4 heteroatoms. The minimum Gasteiger partial charge on any atom is -0.373 e. The van der Waals surface area contributed by atoms with E-state index in [0.29, 0.717) is 13.0 Å². The van der Waals surface area contributed by atoms with Gasteiger partial charge in [-0.2, -0.15) is 0 Å². The summed E-state index contributed by atoms with van der Waals surface area (Å²) in [6, 6.07) is 4.22. The fraction of sp³-hybridized carbons (Fsp3) is 0.571. The third-order valence-corrected chi connectivity index (χ3v) is 3.29. The van der Waals surface area contributed by atoms with Crippen molar-refractivity contribution in [2.75, 3.05) is 13.2 Å². The van der Waals surface area contributed by atoms with Crippen LogP contribution in [0.15, 0.2) is 18.2 Å². The Kier molecular flexibility index (Phi) is 4.66. The molecule has 2 unspecified atom stereocenters. The maximum atomic E-state index is 13.7. The predicted octanol–water partition coefficient (Wildman–Crippen LogP) is 3.18. The lowest BCUT2D eigenvalue weighted by Gasteiger charge is -2.30. The number of halogens is 2. The molecule has 1 heterocycles. The summed E-state index contributed by atoms with van der Waals surface area (Å²) in [4.78, 5) is 0. The van der Waals surface area contributed by atoms with Crippen LogP contribution >= 0.6 is 0 Å². The molecule has 1 aromatic carbocycles. The SMILES string of the molecule is CCCNC1CCOC(c2c(F)cccc2F)C1. The van der Waals surface area contributed by atoms with Crippen molar-refractivity contribution < 1.29 is 13.5 Å². The van der Waals surface area contributed by atoms with E-state index in [4.69, 9.17) is 4.74 Å². The van der Waals surface area contributed by atoms with Gasteiger partial charge in [-0.1, -0.05) is 13.0 Å². The molecule has 0 aromatic heterocycles. The van der Waals surface area contributed by atoms with Crippen molar-refractivity contribution in [3.05, 3.63) is 35.4 Å². The Hall–Kier alpha value is -1.00. The highest BCUT2D eigenvalue weighted by atomic mass is 19.1. The molecule has 0 spiro atoms. The van der Waals surface area contributed by atoms with E-state index < -0.39 is 17.7 Å². The molecule has 1 aliphatic rings. The number of nitrogens with one attached hydrogen (secondary N) is 1. The van der Waals surface area contributed by atoms with E-state index in [-0.39, 0.29) is 11.6 Å². The van der Waals surface area contributed by atoms with Crippen molar-refractivity contribution in [2.45, 2.75) is 38.3 Å². The molecular weight excluding hydrogens is 236 g/mol. The van der Waals surface area contributed by atoms with Gasteiger partial charge in [0, 0.05) is 12.6 Å². The normalized spacial score (nSPS) is 24.2. The largest absolute Gasteiger partial charge is 0.373 e. The van der Waals surface area contributed by atoms with E-state index >= 15 is 0 Å². The summed E-state index contributed by atoms with van der Waals surface area (Å²) in [6.45, 7) is 3.57. The number of benzene rings is 1. The summed E-state index contributed by atoms with van der Waals surface area (Å²) in [5, 5.41) is 3.39. The van der Waals surface area contributed by atoms with Crippen molar-refractivity contribution in [2.24, 2.45) is 0 Å². The first-order chi connectivity index (χ1) is 8.72. The van der Waals surface area contributed by atoms with E-state index in [1.165, 1.54) is 18.2 Å². The second-order valence-electron chi connectivity index (χ2n) is 4.67. The van der Waals surface area contributed by atoms with Crippen molar-refractivity contribution in [3.63, 3.8) is 0 Å². The average molecular weight is 255 g/mol. The van der Waals surface area contributed by atoms with Crippen LogP contribution < -0.4 is 5.32 Å². The van der Waals surface area contributed by atoms with Gasteiger partial charge in [-0.25, -0.2) is 8.78 Å². The first-order valence-corrected chi connectivity index (χ1v) is 6.51. The smallest absolute Gasteiger partial charge is 0.131 e. The van der Waals surface area contributed by atoms with Gasteiger partial charge in [-0.3, -0.25) is 0 Å². The van der Waals surface area contributed by atoms with E-state index in [1.54, 1.807) is 0 Å². The molecule has 0 bridgehead atoms. The van der Waals surface area contributed by atoms with Crippen LogP contribution in [0.5, 0.6) is 0 Å². The van der Waals surface area contributed by atoms with Crippen LogP contribution in [0.1, 0.15) is 37.9 Å². The zero-order valence-electron chi connectivity index (χ0n) is 10.6. The summed E-state index contributed by atoms with van der Waals surface area (Å²) in [5.41, 5.74) is 0.0699. The van der Waals surface area contributed by atoms with Crippen LogP contribution in [-0.4, -0.2) is 19.2 Å². The summed E-state index contributed by atoms with van der Waals surface area (Å²) < 4.78 is 32.9. The van der Waals surface area contributed by atoms with E-state index in [2.05, 4.69) is 12.2 Å². The molecule has 2 atom stereocenters. The summed E-state index contributed by atoms with van der Waals surface area (Å²) in [7, 11) is 0. The van der Waals surface area contributed by atoms with Gasteiger partial charge in [-0.15, -0.1) is 0 Å². The Balaban J connectivity index is 2.08. The molecule has 2 rings (SSSR count). The standard InChI is InChI=1S/C14H19F2NO/c1-2-7-17-10-6-8-18-13(9-10)14-11(15)4-3-5-12(14)16/h3-5,10,13,17H,2,6-9H2,1H3. The quantitative estimate of drug-likeness (QED) is 0.892. The zero-order chi connectivity index (χ0) is 13.0. The Morgan fingerprint density at radius 1 is 1.33 bits per heavy atom. The van der Waals surface area contributed by atoms with Crippen LogP contribution in [0.3, 0.4) is 0 Å². The third kappa shape index (κ3) is 3.06. The van der Waals surface area contributed by atoms with Gasteiger partial charge in [0.05, 0.1) is 11.7 Å². The van der Waals surface area contributed by atoms with E-state index in [0.717, 1.165) is 19.4 Å². The van der Waals surface area contributed by atoms with Crippen molar-refractivity contribution in [3.8, 4) is 0 Å². The molecule has 2 nitrogen and oxygen atoms in total. The topological polar surface area (TPSA) is 21.3 Å². The van der Waals surface area contributed by atoms with Gasteiger partial charge in [-0.05, 0) is 37.9 Å². The molecule has 0 amide bonds. The van der Waals surface area contributed by atoms with Crippen LogP contribution in [0.25, 0.3) is 0 Å². The van der Waals surface area contributed by atoms with Crippen molar-refractivity contribution in [1.82, 2.24) is 5.32 Å². The van der Waals surface area contributed by atoms with Gasteiger partial charge in [0.25, 0.3) is 0 Å². The molecule has 0 saturated carbocycles. The highest BCUT2D eigenvalue weighted by Crippen LogP contribution is 2.31. The highest BCUT2D eigenvalue weighted by molar-refractivity contribution is 5.22. The Bertz CT molecular complexity index is 377. The summed E-state index contributed by atoms with van der Waals surface area (Å²) in [5.74, 6) is -1.03. The first-order valence-electron chi connectivity index (χ1n) is 6.51. The number of rotatable bonds is 4. The fourth-order valence-electron chi connectivity index (χ4n) is 2.35. The zero-order valence-corrected chi connectivity index (χ0v) is 10.6. The lowest BCUT2D eigenvalue weighted by Crippen LogP contribution is -2.36. The molecule has 1 saturated heterocycles. The lowest BCUT2D eigenvalue weighted by atomic mass is 9.96.